The molecular formula is C14H26N2O3. The van der Waals surface area contributed by atoms with Crippen molar-refractivity contribution in [3.8, 4) is 0 Å². The lowest BCUT2D eigenvalue weighted by Crippen LogP contribution is -2.49. The van der Waals surface area contributed by atoms with E-state index in [1.807, 2.05) is 25.7 Å². The third kappa shape index (κ3) is 5.94. The van der Waals surface area contributed by atoms with Gasteiger partial charge >= 0.3 is 12.0 Å². The molecule has 0 radical (unpaired) electrons. The number of rotatable bonds is 8. The fraction of sp³-hybridized carbons (Fsp3) is 0.857. The predicted molar refractivity (Wildman–Crippen MR) is 74.0 cm³/mol. The van der Waals surface area contributed by atoms with E-state index in [1.54, 1.807) is 0 Å². The number of carbonyl (C=O) groups excluding carboxylic acids is 1. The maximum atomic E-state index is 12.2. The molecule has 1 saturated carbocycles. The van der Waals surface area contributed by atoms with Crippen molar-refractivity contribution in [1.82, 2.24) is 10.2 Å². The lowest BCUT2D eigenvalue weighted by atomic mass is 10.1. The fourth-order valence-electron chi connectivity index (χ4n) is 2.15. The number of carboxylic acid groups (broad SMARTS) is 1. The van der Waals surface area contributed by atoms with Crippen molar-refractivity contribution >= 4 is 12.0 Å². The van der Waals surface area contributed by atoms with E-state index in [0.29, 0.717) is 12.3 Å². The van der Waals surface area contributed by atoms with Gasteiger partial charge in [0.25, 0.3) is 0 Å². The third-order valence-corrected chi connectivity index (χ3v) is 3.42. The molecule has 2 amide bonds. The number of carboxylic acids is 1. The highest BCUT2D eigenvalue weighted by Gasteiger charge is 2.29. The van der Waals surface area contributed by atoms with Crippen LogP contribution in [0.3, 0.4) is 0 Å². The smallest absolute Gasteiger partial charge is 0.317 e. The first kappa shape index (κ1) is 15.8. The summed E-state index contributed by atoms with van der Waals surface area (Å²) in [5.41, 5.74) is 0. The van der Waals surface area contributed by atoms with E-state index in [2.05, 4.69) is 5.32 Å². The molecule has 0 aromatic heterocycles. The minimum absolute atomic E-state index is 0.00502. The molecule has 0 bridgehead atoms. The van der Waals surface area contributed by atoms with Gasteiger partial charge in [0.2, 0.25) is 0 Å². The van der Waals surface area contributed by atoms with Gasteiger partial charge in [-0.1, -0.05) is 13.3 Å². The van der Waals surface area contributed by atoms with Gasteiger partial charge in [-0.3, -0.25) is 4.79 Å². The number of hydrogen-bond acceptors (Lipinski definition) is 2. The highest BCUT2D eigenvalue weighted by molar-refractivity contribution is 5.76. The van der Waals surface area contributed by atoms with E-state index >= 15 is 0 Å². The van der Waals surface area contributed by atoms with Crippen LogP contribution in [-0.2, 0) is 4.79 Å². The average molecular weight is 270 g/mol. The van der Waals surface area contributed by atoms with E-state index in [0.717, 1.165) is 13.0 Å². The van der Waals surface area contributed by atoms with Crippen LogP contribution in [0.1, 0.15) is 52.9 Å². The molecule has 1 aliphatic rings. The quantitative estimate of drug-likeness (QED) is 0.712. The SMILES string of the molecule is CCCC(CC(=O)O)NC(=O)N(CC1CC1)C(C)C. The van der Waals surface area contributed by atoms with Crippen LogP contribution in [0.15, 0.2) is 0 Å². The fourth-order valence-corrected chi connectivity index (χ4v) is 2.15. The highest BCUT2D eigenvalue weighted by atomic mass is 16.4. The van der Waals surface area contributed by atoms with Gasteiger partial charge in [-0.05, 0) is 39.0 Å². The Morgan fingerprint density at radius 1 is 1.37 bits per heavy atom. The maximum Gasteiger partial charge on any atom is 0.317 e. The zero-order chi connectivity index (χ0) is 14.4. The topological polar surface area (TPSA) is 69.6 Å². The van der Waals surface area contributed by atoms with Gasteiger partial charge in [-0.2, -0.15) is 0 Å². The second-order valence-electron chi connectivity index (χ2n) is 5.72. The van der Waals surface area contributed by atoms with Crippen molar-refractivity contribution < 1.29 is 14.7 Å². The number of urea groups is 1. The number of hydrogen-bond donors (Lipinski definition) is 2. The normalized spacial score (nSPS) is 16.2. The first-order chi connectivity index (χ1) is 8.93. The van der Waals surface area contributed by atoms with E-state index in [1.165, 1.54) is 12.8 Å². The largest absolute Gasteiger partial charge is 0.481 e. The van der Waals surface area contributed by atoms with Gasteiger partial charge in [0, 0.05) is 18.6 Å². The Labute approximate surface area is 115 Å². The van der Waals surface area contributed by atoms with Crippen LogP contribution in [-0.4, -0.2) is 40.6 Å². The van der Waals surface area contributed by atoms with Crippen molar-refractivity contribution in [2.75, 3.05) is 6.54 Å². The van der Waals surface area contributed by atoms with Gasteiger partial charge in [0.05, 0.1) is 6.42 Å². The minimum Gasteiger partial charge on any atom is -0.481 e. The summed E-state index contributed by atoms with van der Waals surface area (Å²) < 4.78 is 0. The summed E-state index contributed by atoms with van der Waals surface area (Å²) in [6, 6.07) is -0.246. The Morgan fingerprint density at radius 3 is 2.42 bits per heavy atom. The molecule has 5 nitrogen and oxygen atoms in total. The number of amides is 2. The maximum absolute atomic E-state index is 12.2. The summed E-state index contributed by atoms with van der Waals surface area (Å²) >= 11 is 0. The minimum atomic E-state index is -0.864. The Hall–Kier alpha value is -1.26. The van der Waals surface area contributed by atoms with E-state index < -0.39 is 5.97 Å². The van der Waals surface area contributed by atoms with Crippen LogP contribution in [0.25, 0.3) is 0 Å². The second-order valence-corrected chi connectivity index (χ2v) is 5.72. The average Bonchev–Trinajstić information content (AvgIpc) is 3.08. The van der Waals surface area contributed by atoms with Gasteiger partial charge < -0.3 is 15.3 Å². The van der Waals surface area contributed by atoms with Crippen molar-refractivity contribution in [2.24, 2.45) is 5.92 Å². The first-order valence-corrected chi connectivity index (χ1v) is 7.23. The molecule has 0 heterocycles. The molecule has 1 unspecified atom stereocenters. The molecule has 5 heteroatoms. The summed E-state index contributed by atoms with van der Waals surface area (Å²) in [5, 5.41) is 11.7. The number of nitrogens with zero attached hydrogens (tertiary/aromatic N) is 1. The van der Waals surface area contributed by atoms with Crippen LogP contribution < -0.4 is 5.32 Å². The molecule has 0 saturated heterocycles. The van der Waals surface area contributed by atoms with Crippen LogP contribution >= 0.6 is 0 Å². The van der Waals surface area contributed by atoms with Gasteiger partial charge in [0.15, 0.2) is 0 Å². The number of aliphatic carboxylic acids is 1. The first-order valence-electron chi connectivity index (χ1n) is 7.23. The zero-order valence-electron chi connectivity index (χ0n) is 12.2. The van der Waals surface area contributed by atoms with Gasteiger partial charge in [-0.15, -0.1) is 0 Å². The lowest BCUT2D eigenvalue weighted by molar-refractivity contribution is -0.137. The summed E-state index contributed by atoms with van der Waals surface area (Å²) in [4.78, 5) is 24.9. The molecule has 1 atom stereocenters. The van der Waals surface area contributed by atoms with Crippen LogP contribution in [0, 0.1) is 5.92 Å². The highest BCUT2D eigenvalue weighted by Crippen LogP contribution is 2.30. The summed E-state index contributed by atoms with van der Waals surface area (Å²) in [6.45, 7) is 6.77. The summed E-state index contributed by atoms with van der Waals surface area (Å²) in [6.07, 6.45) is 3.96. The molecule has 1 aliphatic carbocycles. The molecule has 110 valence electrons. The molecule has 1 fully saturated rings. The number of nitrogens with one attached hydrogen (secondary N) is 1. The van der Waals surface area contributed by atoms with Crippen molar-refractivity contribution in [3.63, 3.8) is 0 Å². The van der Waals surface area contributed by atoms with Gasteiger partial charge in [-0.25, -0.2) is 4.79 Å². The lowest BCUT2D eigenvalue weighted by Gasteiger charge is -2.29. The Balaban J connectivity index is 2.53. The van der Waals surface area contributed by atoms with Crippen LogP contribution in [0.5, 0.6) is 0 Å². The molecule has 2 N–H and O–H groups in total. The van der Waals surface area contributed by atoms with E-state index in [4.69, 9.17) is 5.11 Å². The predicted octanol–water partition coefficient (Wildman–Crippen LogP) is 2.46. The molecule has 0 aliphatic heterocycles. The second kappa shape index (κ2) is 7.36. The molecule has 0 aromatic rings. The molecule has 1 rings (SSSR count). The van der Waals surface area contributed by atoms with E-state index in [9.17, 15) is 9.59 Å². The standard InChI is InChI=1S/C14H26N2O3/c1-4-5-12(8-13(17)18)15-14(19)16(10(2)3)9-11-6-7-11/h10-12H,4-9H2,1-3H3,(H,15,19)(H,17,18). The van der Waals surface area contributed by atoms with Crippen LogP contribution in [0.2, 0.25) is 0 Å². The van der Waals surface area contributed by atoms with E-state index in [-0.39, 0.29) is 24.5 Å². The Kier molecular flexibility index (Phi) is 6.12. The van der Waals surface area contributed by atoms with Crippen molar-refractivity contribution in [2.45, 2.75) is 65.0 Å². The molecular weight excluding hydrogens is 244 g/mol. The van der Waals surface area contributed by atoms with Crippen molar-refractivity contribution in [3.05, 3.63) is 0 Å². The monoisotopic (exact) mass is 270 g/mol. The molecule has 0 spiro atoms. The summed E-state index contributed by atoms with van der Waals surface area (Å²) in [7, 11) is 0. The van der Waals surface area contributed by atoms with Crippen LogP contribution in [0.4, 0.5) is 4.79 Å². The molecule has 19 heavy (non-hydrogen) atoms. The Bertz CT molecular complexity index is 314. The number of carbonyl (C=O) groups is 2. The molecule has 0 aromatic carbocycles. The van der Waals surface area contributed by atoms with Gasteiger partial charge in [0.1, 0.15) is 0 Å². The third-order valence-electron chi connectivity index (χ3n) is 3.42. The Morgan fingerprint density at radius 2 is 2.00 bits per heavy atom. The summed E-state index contributed by atoms with van der Waals surface area (Å²) in [5.74, 6) is -0.228. The van der Waals surface area contributed by atoms with Crippen molar-refractivity contribution in [1.29, 1.82) is 0 Å². The zero-order valence-corrected chi connectivity index (χ0v) is 12.2.